The van der Waals surface area contributed by atoms with Gasteiger partial charge in [0.05, 0.1) is 0 Å². The van der Waals surface area contributed by atoms with Crippen molar-refractivity contribution < 1.29 is 22.0 Å². The maximum Gasteiger partial charge on any atom is 0.200 e. The summed E-state index contributed by atoms with van der Waals surface area (Å²) in [5.41, 5.74) is -0.676. The molecule has 1 saturated heterocycles. The molecule has 0 amide bonds. The smallest absolute Gasteiger partial charge is 0.200 e. The zero-order chi connectivity index (χ0) is 15.9. The largest absolute Gasteiger partial charge is 0.314 e. The van der Waals surface area contributed by atoms with Gasteiger partial charge in [0.25, 0.3) is 0 Å². The van der Waals surface area contributed by atoms with Crippen molar-refractivity contribution in [1.82, 2.24) is 10.2 Å². The topological polar surface area (TPSA) is 15.3 Å². The van der Waals surface area contributed by atoms with E-state index in [4.69, 9.17) is 0 Å². The Balaban J connectivity index is 2.02. The maximum atomic E-state index is 14.1. The van der Waals surface area contributed by atoms with Crippen molar-refractivity contribution in [2.24, 2.45) is 5.92 Å². The molecule has 3 rings (SSSR count). The second-order valence-corrected chi connectivity index (χ2v) is 5.96. The highest BCUT2D eigenvalue weighted by Gasteiger charge is 2.37. The van der Waals surface area contributed by atoms with Gasteiger partial charge in [-0.05, 0) is 12.3 Å². The molecule has 2 aliphatic rings. The summed E-state index contributed by atoms with van der Waals surface area (Å²) in [5, 5.41) is 3.11. The molecular weight excluding hydrogens is 303 g/mol. The van der Waals surface area contributed by atoms with E-state index in [0.717, 1.165) is 12.8 Å². The molecule has 0 aromatic heterocycles. The number of rotatable bonds is 4. The van der Waals surface area contributed by atoms with Crippen LogP contribution in [0.25, 0.3) is 0 Å². The minimum atomic E-state index is -2.09. The number of hydrogen-bond acceptors (Lipinski definition) is 2. The summed E-state index contributed by atoms with van der Waals surface area (Å²) in [7, 11) is 0. The van der Waals surface area contributed by atoms with Crippen molar-refractivity contribution >= 4 is 0 Å². The number of hydrogen-bond donors (Lipinski definition) is 1. The van der Waals surface area contributed by atoms with Crippen molar-refractivity contribution in [3.63, 3.8) is 0 Å². The molecule has 1 aromatic rings. The van der Waals surface area contributed by atoms with E-state index in [9.17, 15) is 22.0 Å². The van der Waals surface area contributed by atoms with Crippen LogP contribution in [0.5, 0.6) is 0 Å². The Morgan fingerprint density at radius 1 is 0.864 bits per heavy atom. The Labute approximate surface area is 125 Å². The Kier molecular flexibility index (Phi) is 4.36. The normalized spacial score (nSPS) is 21.1. The predicted octanol–water partition coefficient (Wildman–Crippen LogP) is 3.13. The number of benzene rings is 1. The van der Waals surface area contributed by atoms with Crippen LogP contribution in [0.2, 0.25) is 0 Å². The fourth-order valence-corrected chi connectivity index (χ4v) is 3.03. The van der Waals surface area contributed by atoms with Gasteiger partial charge in [0.15, 0.2) is 23.3 Å². The van der Waals surface area contributed by atoms with Crippen LogP contribution in [-0.4, -0.2) is 31.1 Å². The van der Waals surface area contributed by atoms with Gasteiger partial charge in [-0.2, -0.15) is 0 Å². The summed E-state index contributed by atoms with van der Waals surface area (Å²) in [6, 6.07) is -0.765. The SMILES string of the molecule is Fc1c(F)c(F)c([C@H](CC2CC2)N2CCNCC2)c(F)c1F. The third kappa shape index (κ3) is 2.84. The van der Waals surface area contributed by atoms with Gasteiger partial charge in [-0.3, -0.25) is 4.90 Å². The third-order valence-electron chi connectivity index (χ3n) is 4.42. The average Bonchev–Trinajstić information content (AvgIpc) is 3.35. The van der Waals surface area contributed by atoms with Crippen LogP contribution in [0.1, 0.15) is 30.9 Å². The summed E-state index contributed by atoms with van der Waals surface area (Å²) in [6.45, 7) is 2.32. The summed E-state index contributed by atoms with van der Waals surface area (Å²) in [4.78, 5) is 1.81. The summed E-state index contributed by atoms with van der Waals surface area (Å²) in [5.74, 6) is -8.89. The molecular formula is C15H17F5N2. The molecule has 0 spiro atoms. The standard InChI is InChI=1S/C15H17F5N2/c16-11-10(12(17)14(19)15(20)13(11)18)9(7-8-1-2-8)22-5-3-21-4-6-22/h8-9,21H,1-7H2/t9-/m0/s1. The van der Waals surface area contributed by atoms with Gasteiger partial charge in [-0.15, -0.1) is 0 Å². The van der Waals surface area contributed by atoms with Gasteiger partial charge in [-0.1, -0.05) is 12.8 Å². The Hall–Kier alpha value is -1.21. The molecule has 0 radical (unpaired) electrons. The average molecular weight is 320 g/mol. The summed E-state index contributed by atoms with van der Waals surface area (Å²) >= 11 is 0. The Bertz CT molecular complexity index is 539. The number of halogens is 5. The lowest BCUT2D eigenvalue weighted by Crippen LogP contribution is -2.45. The quantitative estimate of drug-likeness (QED) is 0.521. The highest BCUT2D eigenvalue weighted by molar-refractivity contribution is 5.27. The van der Waals surface area contributed by atoms with Crippen molar-refractivity contribution in [3.05, 3.63) is 34.6 Å². The van der Waals surface area contributed by atoms with E-state index < -0.39 is 40.7 Å². The molecule has 1 atom stereocenters. The van der Waals surface area contributed by atoms with E-state index >= 15 is 0 Å². The van der Waals surface area contributed by atoms with Gasteiger partial charge in [0.1, 0.15) is 0 Å². The molecule has 1 heterocycles. The van der Waals surface area contributed by atoms with Crippen molar-refractivity contribution in [1.29, 1.82) is 0 Å². The van der Waals surface area contributed by atoms with Gasteiger partial charge in [0.2, 0.25) is 5.82 Å². The molecule has 1 aliphatic carbocycles. The van der Waals surface area contributed by atoms with Crippen molar-refractivity contribution in [2.75, 3.05) is 26.2 Å². The van der Waals surface area contributed by atoms with Gasteiger partial charge in [0, 0.05) is 37.8 Å². The van der Waals surface area contributed by atoms with E-state index in [1.807, 2.05) is 4.90 Å². The van der Waals surface area contributed by atoms with Crippen molar-refractivity contribution in [3.8, 4) is 0 Å². The lowest BCUT2D eigenvalue weighted by molar-refractivity contribution is 0.151. The zero-order valence-electron chi connectivity index (χ0n) is 11.9. The van der Waals surface area contributed by atoms with Crippen LogP contribution in [0.3, 0.4) is 0 Å². The first-order valence-electron chi connectivity index (χ1n) is 7.46. The van der Waals surface area contributed by atoms with E-state index in [1.54, 1.807) is 0 Å². The summed E-state index contributed by atoms with van der Waals surface area (Å²) < 4.78 is 68.4. The minimum absolute atomic E-state index is 0.301. The molecule has 0 bridgehead atoms. The van der Waals surface area contributed by atoms with E-state index in [2.05, 4.69) is 5.32 Å². The Morgan fingerprint density at radius 2 is 1.36 bits per heavy atom. The third-order valence-corrected chi connectivity index (χ3v) is 4.42. The van der Waals surface area contributed by atoms with Gasteiger partial charge in [-0.25, -0.2) is 22.0 Å². The molecule has 2 fully saturated rings. The molecule has 1 N–H and O–H groups in total. The van der Waals surface area contributed by atoms with Crippen LogP contribution in [-0.2, 0) is 0 Å². The monoisotopic (exact) mass is 320 g/mol. The highest BCUT2D eigenvalue weighted by Crippen LogP contribution is 2.42. The van der Waals surface area contributed by atoms with Gasteiger partial charge >= 0.3 is 0 Å². The fourth-order valence-electron chi connectivity index (χ4n) is 3.03. The molecule has 7 heteroatoms. The first kappa shape index (κ1) is 15.7. The summed E-state index contributed by atoms with van der Waals surface area (Å²) in [6.07, 6.45) is 2.31. The van der Waals surface area contributed by atoms with Crippen LogP contribution in [0.4, 0.5) is 22.0 Å². The first-order valence-corrected chi connectivity index (χ1v) is 7.46. The fraction of sp³-hybridized carbons (Fsp3) is 0.600. The number of nitrogens with zero attached hydrogens (tertiary/aromatic N) is 1. The molecule has 2 nitrogen and oxygen atoms in total. The molecule has 1 aliphatic heterocycles. The minimum Gasteiger partial charge on any atom is -0.314 e. The van der Waals surface area contributed by atoms with E-state index in [0.29, 0.717) is 38.5 Å². The zero-order valence-corrected chi connectivity index (χ0v) is 11.9. The second-order valence-electron chi connectivity index (χ2n) is 5.96. The van der Waals surface area contributed by atoms with E-state index in [-0.39, 0.29) is 0 Å². The molecule has 22 heavy (non-hydrogen) atoms. The predicted molar refractivity (Wildman–Crippen MR) is 70.8 cm³/mol. The number of piperazine rings is 1. The lowest BCUT2D eigenvalue weighted by atomic mass is 9.97. The molecule has 1 aromatic carbocycles. The van der Waals surface area contributed by atoms with Crippen LogP contribution >= 0.6 is 0 Å². The molecule has 122 valence electrons. The van der Waals surface area contributed by atoms with Crippen LogP contribution < -0.4 is 5.32 Å². The highest BCUT2D eigenvalue weighted by atomic mass is 19.2. The first-order chi connectivity index (χ1) is 10.5. The molecule has 0 unspecified atom stereocenters. The van der Waals surface area contributed by atoms with Crippen molar-refractivity contribution in [2.45, 2.75) is 25.3 Å². The van der Waals surface area contributed by atoms with Gasteiger partial charge < -0.3 is 5.32 Å². The van der Waals surface area contributed by atoms with Crippen LogP contribution in [0.15, 0.2) is 0 Å². The lowest BCUT2D eigenvalue weighted by Gasteiger charge is -2.35. The van der Waals surface area contributed by atoms with Crippen LogP contribution in [0, 0.1) is 35.0 Å². The molecule has 1 saturated carbocycles. The number of nitrogens with one attached hydrogen (secondary N) is 1. The van der Waals surface area contributed by atoms with E-state index in [1.165, 1.54) is 0 Å². The second kappa shape index (κ2) is 6.12. The maximum absolute atomic E-state index is 14.1. The Morgan fingerprint density at radius 3 is 1.86 bits per heavy atom.